The van der Waals surface area contributed by atoms with Crippen LogP contribution in [0.5, 0.6) is 0 Å². The summed E-state index contributed by atoms with van der Waals surface area (Å²) < 4.78 is 6.20. The van der Waals surface area contributed by atoms with E-state index in [9.17, 15) is 0 Å². The second-order valence-corrected chi connectivity index (χ2v) is 5.67. The van der Waals surface area contributed by atoms with E-state index in [1.807, 2.05) is 6.26 Å². The lowest BCUT2D eigenvalue weighted by Gasteiger charge is -2.10. The molecule has 0 amide bonds. The topological polar surface area (TPSA) is 49.8 Å². The Hall–Kier alpha value is -1.25. The maximum atomic E-state index is 9.11. The van der Waals surface area contributed by atoms with Crippen molar-refractivity contribution in [1.82, 2.24) is 5.16 Å². The number of nitrogens with zero attached hydrogens (tertiary/aromatic N) is 2. The number of rotatable bonds is 1. The van der Waals surface area contributed by atoms with E-state index in [1.54, 1.807) is 29.4 Å². The van der Waals surface area contributed by atoms with Crippen molar-refractivity contribution in [1.29, 1.82) is 5.26 Å². The number of nitriles is 1. The van der Waals surface area contributed by atoms with Crippen molar-refractivity contribution in [3.63, 3.8) is 0 Å². The number of thiophene rings is 1. The lowest BCUT2D eigenvalue weighted by atomic mass is 9.92. The van der Waals surface area contributed by atoms with E-state index in [-0.39, 0.29) is 0 Å². The zero-order valence-electron chi connectivity index (χ0n) is 8.61. The highest BCUT2D eigenvalue weighted by molar-refractivity contribution is 8.00. The number of hydrogen-bond acceptors (Lipinski definition) is 5. The van der Waals surface area contributed by atoms with Crippen LogP contribution < -0.4 is 0 Å². The molecule has 2 heterocycles. The molecular formula is C11H8N2OS2. The third-order valence-corrected chi connectivity index (χ3v) is 5.04. The SMILES string of the molecule is CSc1sc(C#N)c2c1-c1nocc1CC2. The Bertz CT molecular complexity index is 592. The lowest BCUT2D eigenvalue weighted by molar-refractivity contribution is 0.421. The number of thioether (sulfide) groups is 1. The maximum Gasteiger partial charge on any atom is 0.127 e. The van der Waals surface area contributed by atoms with Gasteiger partial charge < -0.3 is 4.52 Å². The molecule has 0 unspecified atom stereocenters. The molecule has 16 heavy (non-hydrogen) atoms. The molecule has 0 spiro atoms. The van der Waals surface area contributed by atoms with Crippen LogP contribution in [0.2, 0.25) is 0 Å². The molecule has 3 rings (SSSR count). The predicted molar refractivity (Wildman–Crippen MR) is 63.7 cm³/mol. The van der Waals surface area contributed by atoms with E-state index in [0.717, 1.165) is 40.1 Å². The van der Waals surface area contributed by atoms with Crippen molar-refractivity contribution in [2.24, 2.45) is 0 Å². The number of hydrogen-bond donors (Lipinski definition) is 0. The Morgan fingerprint density at radius 3 is 3.19 bits per heavy atom. The summed E-state index contributed by atoms with van der Waals surface area (Å²) in [4.78, 5) is 0.827. The van der Waals surface area contributed by atoms with Crippen molar-refractivity contribution in [2.75, 3.05) is 6.26 Å². The van der Waals surface area contributed by atoms with E-state index in [2.05, 4.69) is 11.2 Å². The van der Waals surface area contributed by atoms with Gasteiger partial charge in [-0.15, -0.1) is 23.1 Å². The summed E-state index contributed by atoms with van der Waals surface area (Å²) in [5.74, 6) is 0. The van der Waals surface area contributed by atoms with Crippen molar-refractivity contribution in [3.05, 3.63) is 22.3 Å². The van der Waals surface area contributed by atoms with E-state index in [1.165, 1.54) is 4.21 Å². The fraction of sp³-hybridized carbons (Fsp3) is 0.273. The second kappa shape index (κ2) is 3.65. The van der Waals surface area contributed by atoms with Gasteiger partial charge in [0.15, 0.2) is 0 Å². The highest BCUT2D eigenvalue weighted by Crippen LogP contribution is 2.45. The van der Waals surface area contributed by atoms with Gasteiger partial charge in [0.2, 0.25) is 0 Å². The Kier molecular flexibility index (Phi) is 2.27. The molecule has 0 saturated carbocycles. The summed E-state index contributed by atoms with van der Waals surface area (Å²) in [5.41, 5.74) is 4.37. The van der Waals surface area contributed by atoms with Crippen LogP contribution in [0.3, 0.4) is 0 Å². The molecule has 0 bridgehead atoms. The standard InChI is InChI=1S/C11H8N2OS2/c1-15-11-9-7(8(4-12)16-11)3-2-6-5-14-13-10(6)9/h5H,2-3H2,1H3. The van der Waals surface area contributed by atoms with Crippen LogP contribution in [-0.2, 0) is 12.8 Å². The largest absolute Gasteiger partial charge is 0.364 e. The first-order valence-electron chi connectivity index (χ1n) is 4.88. The minimum Gasteiger partial charge on any atom is -0.364 e. The van der Waals surface area contributed by atoms with Crippen LogP contribution >= 0.6 is 23.1 Å². The molecule has 0 saturated heterocycles. The summed E-state index contributed by atoms with van der Waals surface area (Å²) in [7, 11) is 0. The smallest absolute Gasteiger partial charge is 0.127 e. The van der Waals surface area contributed by atoms with Gasteiger partial charge in [0.05, 0.1) is 4.21 Å². The highest BCUT2D eigenvalue weighted by atomic mass is 32.2. The first-order valence-corrected chi connectivity index (χ1v) is 6.92. The van der Waals surface area contributed by atoms with Crippen LogP contribution in [0, 0.1) is 11.3 Å². The molecule has 1 aliphatic rings. The van der Waals surface area contributed by atoms with Crippen LogP contribution in [0.15, 0.2) is 15.0 Å². The summed E-state index contributed by atoms with van der Waals surface area (Å²) >= 11 is 3.23. The molecule has 0 aliphatic heterocycles. The zero-order chi connectivity index (χ0) is 11.1. The van der Waals surface area contributed by atoms with Crippen molar-refractivity contribution in [3.8, 4) is 17.3 Å². The average molecular weight is 248 g/mol. The van der Waals surface area contributed by atoms with Crippen LogP contribution in [-0.4, -0.2) is 11.4 Å². The van der Waals surface area contributed by atoms with E-state index >= 15 is 0 Å². The lowest BCUT2D eigenvalue weighted by Crippen LogP contribution is -2.01. The molecule has 3 nitrogen and oxygen atoms in total. The molecule has 0 fully saturated rings. The minimum absolute atomic E-state index is 0.827. The van der Waals surface area contributed by atoms with Gasteiger partial charge >= 0.3 is 0 Å². The monoisotopic (exact) mass is 248 g/mol. The molecule has 1 aliphatic carbocycles. The predicted octanol–water partition coefficient (Wildman–Crippen LogP) is 3.10. The van der Waals surface area contributed by atoms with Gasteiger partial charge in [-0.25, -0.2) is 0 Å². The zero-order valence-corrected chi connectivity index (χ0v) is 10.2. The fourth-order valence-corrected chi connectivity index (χ4v) is 3.94. The molecule has 0 atom stereocenters. The van der Waals surface area contributed by atoms with Crippen LogP contribution in [0.25, 0.3) is 11.3 Å². The Balaban J connectivity index is 2.31. The van der Waals surface area contributed by atoms with Crippen LogP contribution in [0.1, 0.15) is 16.0 Å². The van der Waals surface area contributed by atoms with E-state index in [4.69, 9.17) is 9.78 Å². The molecule has 2 aromatic heterocycles. The molecular weight excluding hydrogens is 240 g/mol. The average Bonchev–Trinajstić information content (AvgIpc) is 2.91. The Morgan fingerprint density at radius 2 is 2.44 bits per heavy atom. The highest BCUT2D eigenvalue weighted by Gasteiger charge is 2.27. The van der Waals surface area contributed by atoms with Gasteiger partial charge in [-0.2, -0.15) is 5.26 Å². The third-order valence-electron chi connectivity index (χ3n) is 2.79. The summed E-state index contributed by atoms with van der Waals surface area (Å²) in [6, 6.07) is 2.28. The van der Waals surface area contributed by atoms with Crippen molar-refractivity contribution >= 4 is 23.1 Å². The first kappa shape index (κ1) is 9.94. The molecule has 0 radical (unpaired) electrons. The van der Waals surface area contributed by atoms with E-state index in [0.29, 0.717) is 0 Å². The number of fused-ring (bicyclic) bond motifs is 3. The summed E-state index contributed by atoms with van der Waals surface area (Å²) in [6.07, 6.45) is 5.59. The summed E-state index contributed by atoms with van der Waals surface area (Å²) in [5, 5.41) is 13.2. The Morgan fingerprint density at radius 1 is 1.56 bits per heavy atom. The van der Waals surface area contributed by atoms with Crippen molar-refractivity contribution in [2.45, 2.75) is 17.1 Å². The molecule has 5 heteroatoms. The third kappa shape index (κ3) is 1.24. The fourth-order valence-electron chi connectivity index (χ4n) is 2.05. The van der Waals surface area contributed by atoms with Crippen LogP contribution in [0.4, 0.5) is 0 Å². The normalized spacial score (nSPS) is 13.0. The van der Waals surface area contributed by atoms with Crippen molar-refractivity contribution < 1.29 is 4.52 Å². The Labute approximate surface area is 101 Å². The second-order valence-electron chi connectivity index (χ2n) is 3.58. The van der Waals surface area contributed by atoms with Gasteiger partial charge in [-0.05, 0) is 24.7 Å². The molecule has 0 N–H and O–H groups in total. The molecule has 80 valence electrons. The van der Waals surface area contributed by atoms with Gasteiger partial charge in [0.25, 0.3) is 0 Å². The quantitative estimate of drug-likeness (QED) is 0.728. The van der Waals surface area contributed by atoms with Gasteiger partial charge in [0.1, 0.15) is 22.9 Å². The first-order chi connectivity index (χ1) is 7.85. The summed E-state index contributed by atoms with van der Waals surface area (Å²) in [6.45, 7) is 0. The van der Waals surface area contributed by atoms with Gasteiger partial charge in [-0.1, -0.05) is 5.16 Å². The molecule has 0 aromatic carbocycles. The minimum atomic E-state index is 0.827. The number of aromatic nitrogens is 1. The number of aryl methyl sites for hydroxylation is 1. The van der Waals surface area contributed by atoms with Gasteiger partial charge in [-0.3, -0.25) is 0 Å². The van der Waals surface area contributed by atoms with Gasteiger partial charge in [0, 0.05) is 11.1 Å². The molecule has 2 aromatic rings. The maximum absolute atomic E-state index is 9.11. The van der Waals surface area contributed by atoms with E-state index < -0.39 is 0 Å².